The van der Waals surface area contributed by atoms with Crippen LogP contribution in [0.1, 0.15) is 0 Å². The molecule has 2 aromatic carbocycles. The van der Waals surface area contributed by atoms with E-state index in [-0.39, 0.29) is 11.6 Å². The quantitative estimate of drug-likeness (QED) is 0.706. The minimum Gasteiger partial charge on any atom is -0.493 e. The molecule has 0 bridgehead atoms. The van der Waals surface area contributed by atoms with Crippen molar-refractivity contribution in [1.82, 2.24) is 4.57 Å². The van der Waals surface area contributed by atoms with Crippen molar-refractivity contribution in [3.63, 3.8) is 0 Å². The second-order valence-corrected chi connectivity index (χ2v) is 5.17. The van der Waals surface area contributed by atoms with Crippen LogP contribution in [0.5, 0.6) is 11.6 Å². The highest BCUT2D eigenvalue weighted by atomic mass is 35.5. The summed E-state index contributed by atoms with van der Waals surface area (Å²) in [4.78, 5) is 10.9. The van der Waals surface area contributed by atoms with E-state index >= 15 is 0 Å². The molecule has 112 valence electrons. The minimum absolute atomic E-state index is 0.0575. The summed E-state index contributed by atoms with van der Waals surface area (Å²) in [5.74, 6) is 0.546. The number of aromatic nitrogens is 1. The van der Waals surface area contributed by atoms with Gasteiger partial charge in [-0.3, -0.25) is 0 Å². The van der Waals surface area contributed by atoms with Gasteiger partial charge in [0.2, 0.25) is 5.88 Å². The maximum absolute atomic E-state index is 10.9. The molecule has 0 saturated heterocycles. The Hall–Kier alpha value is -2.53. The Kier molecular flexibility index (Phi) is 3.98. The predicted molar refractivity (Wildman–Crippen MR) is 86.0 cm³/mol. The third-order valence-corrected chi connectivity index (χ3v) is 3.66. The normalized spacial score (nSPS) is 10.8. The Bertz CT molecular complexity index is 812. The number of halogens is 1. The first-order chi connectivity index (χ1) is 10.7. The van der Waals surface area contributed by atoms with Gasteiger partial charge in [0.15, 0.2) is 5.69 Å². The number of ether oxygens (including phenoxy) is 1. The van der Waals surface area contributed by atoms with Crippen LogP contribution in [0.3, 0.4) is 0 Å². The average molecular weight is 317 g/mol. The van der Waals surface area contributed by atoms with Gasteiger partial charge in [-0.15, -0.1) is 4.91 Å². The van der Waals surface area contributed by atoms with Crippen LogP contribution in [0.15, 0.2) is 53.7 Å². The monoisotopic (exact) mass is 316 g/mol. The van der Waals surface area contributed by atoms with Crippen molar-refractivity contribution in [3.05, 3.63) is 58.5 Å². The molecule has 0 saturated carbocycles. The topological polar surface area (TPSA) is 63.8 Å². The molecule has 0 atom stereocenters. The fourth-order valence-electron chi connectivity index (χ4n) is 2.37. The molecule has 0 aliphatic carbocycles. The van der Waals surface area contributed by atoms with Gasteiger partial charge in [0, 0.05) is 10.4 Å². The number of aromatic hydroxyl groups is 1. The van der Waals surface area contributed by atoms with Crippen molar-refractivity contribution in [2.45, 2.75) is 6.54 Å². The van der Waals surface area contributed by atoms with E-state index in [0.29, 0.717) is 29.3 Å². The molecule has 0 spiro atoms. The van der Waals surface area contributed by atoms with Gasteiger partial charge in [0.05, 0.1) is 12.1 Å². The molecule has 0 fully saturated rings. The molecule has 0 aliphatic heterocycles. The smallest absolute Gasteiger partial charge is 0.222 e. The first kappa shape index (κ1) is 14.4. The van der Waals surface area contributed by atoms with Gasteiger partial charge >= 0.3 is 0 Å². The molecule has 6 heteroatoms. The first-order valence-electron chi connectivity index (χ1n) is 6.72. The van der Waals surface area contributed by atoms with Gasteiger partial charge in [-0.25, -0.2) is 0 Å². The highest BCUT2D eigenvalue weighted by molar-refractivity contribution is 6.30. The van der Waals surface area contributed by atoms with Crippen molar-refractivity contribution < 1.29 is 9.84 Å². The number of benzene rings is 2. The summed E-state index contributed by atoms with van der Waals surface area (Å²) in [6, 6.07) is 14.2. The van der Waals surface area contributed by atoms with Crippen molar-refractivity contribution in [1.29, 1.82) is 0 Å². The summed E-state index contributed by atoms with van der Waals surface area (Å²) < 4.78 is 7.23. The molecule has 1 heterocycles. The zero-order chi connectivity index (χ0) is 15.5. The number of para-hydroxylation sites is 1. The summed E-state index contributed by atoms with van der Waals surface area (Å²) in [5, 5.41) is 14.3. The van der Waals surface area contributed by atoms with Crippen LogP contribution < -0.4 is 4.74 Å². The SMILES string of the molecule is O=Nc1c(O)n(CCOc2ccc(Cl)cc2)c2ccccc12. The van der Waals surface area contributed by atoms with E-state index in [1.807, 2.05) is 12.1 Å². The Morgan fingerprint density at radius 1 is 1.14 bits per heavy atom. The largest absolute Gasteiger partial charge is 0.493 e. The summed E-state index contributed by atoms with van der Waals surface area (Å²) in [6.07, 6.45) is 0. The third kappa shape index (κ3) is 2.63. The maximum atomic E-state index is 10.9. The lowest BCUT2D eigenvalue weighted by molar-refractivity contribution is 0.290. The van der Waals surface area contributed by atoms with E-state index in [4.69, 9.17) is 16.3 Å². The summed E-state index contributed by atoms with van der Waals surface area (Å²) in [6.45, 7) is 0.733. The van der Waals surface area contributed by atoms with Crippen LogP contribution in [0, 0.1) is 4.91 Å². The van der Waals surface area contributed by atoms with Crippen LogP contribution >= 0.6 is 11.6 Å². The Morgan fingerprint density at radius 3 is 2.59 bits per heavy atom. The molecule has 22 heavy (non-hydrogen) atoms. The molecule has 3 rings (SSSR count). The predicted octanol–water partition coefficient (Wildman–Crippen LogP) is 4.48. The van der Waals surface area contributed by atoms with Crippen molar-refractivity contribution in [2.24, 2.45) is 5.18 Å². The molecular weight excluding hydrogens is 304 g/mol. The molecule has 3 aromatic rings. The van der Waals surface area contributed by atoms with Crippen molar-refractivity contribution >= 4 is 28.2 Å². The van der Waals surface area contributed by atoms with Gasteiger partial charge in [-0.2, -0.15) is 0 Å². The lowest BCUT2D eigenvalue weighted by atomic mass is 10.2. The van der Waals surface area contributed by atoms with E-state index in [1.54, 1.807) is 41.0 Å². The van der Waals surface area contributed by atoms with Gasteiger partial charge < -0.3 is 14.4 Å². The number of nitroso groups, excluding NO2 is 1. The van der Waals surface area contributed by atoms with Crippen LogP contribution in [0.4, 0.5) is 5.69 Å². The Labute approximate surface area is 131 Å². The molecule has 5 nitrogen and oxygen atoms in total. The third-order valence-electron chi connectivity index (χ3n) is 3.41. The van der Waals surface area contributed by atoms with Crippen LogP contribution in [0.25, 0.3) is 10.9 Å². The average Bonchev–Trinajstić information content (AvgIpc) is 2.81. The molecule has 1 aromatic heterocycles. The first-order valence-corrected chi connectivity index (χ1v) is 7.10. The Balaban J connectivity index is 1.80. The fraction of sp³-hybridized carbons (Fsp3) is 0.125. The molecule has 0 radical (unpaired) electrons. The van der Waals surface area contributed by atoms with Gasteiger partial charge in [0.25, 0.3) is 0 Å². The Morgan fingerprint density at radius 2 is 1.86 bits per heavy atom. The van der Waals surface area contributed by atoms with Crippen LogP contribution in [0.2, 0.25) is 5.02 Å². The lowest BCUT2D eigenvalue weighted by Gasteiger charge is -2.09. The number of fused-ring (bicyclic) bond motifs is 1. The molecule has 0 unspecified atom stereocenters. The molecule has 0 aliphatic rings. The number of hydrogen-bond donors (Lipinski definition) is 1. The van der Waals surface area contributed by atoms with E-state index in [9.17, 15) is 10.0 Å². The van der Waals surface area contributed by atoms with E-state index in [1.165, 1.54) is 0 Å². The van der Waals surface area contributed by atoms with Gasteiger partial charge in [-0.05, 0) is 35.5 Å². The fourth-order valence-corrected chi connectivity index (χ4v) is 2.50. The zero-order valence-electron chi connectivity index (χ0n) is 11.6. The second-order valence-electron chi connectivity index (χ2n) is 4.73. The summed E-state index contributed by atoms with van der Waals surface area (Å²) in [5.41, 5.74) is 0.802. The summed E-state index contributed by atoms with van der Waals surface area (Å²) >= 11 is 5.81. The minimum atomic E-state index is -0.143. The molecular formula is C16H13ClN2O3. The summed E-state index contributed by atoms with van der Waals surface area (Å²) in [7, 11) is 0. The van der Waals surface area contributed by atoms with Gasteiger partial charge in [0.1, 0.15) is 12.4 Å². The number of rotatable bonds is 5. The van der Waals surface area contributed by atoms with Crippen LogP contribution in [-0.2, 0) is 6.54 Å². The van der Waals surface area contributed by atoms with Gasteiger partial charge in [-0.1, -0.05) is 29.8 Å². The van der Waals surface area contributed by atoms with Crippen molar-refractivity contribution in [2.75, 3.05) is 6.61 Å². The second kappa shape index (κ2) is 6.07. The highest BCUT2D eigenvalue weighted by Gasteiger charge is 2.16. The van der Waals surface area contributed by atoms with E-state index in [0.717, 1.165) is 5.52 Å². The van der Waals surface area contributed by atoms with E-state index < -0.39 is 0 Å². The van der Waals surface area contributed by atoms with Crippen molar-refractivity contribution in [3.8, 4) is 11.6 Å². The van der Waals surface area contributed by atoms with E-state index in [2.05, 4.69) is 5.18 Å². The molecule has 1 N–H and O–H groups in total. The maximum Gasteiger partial charge on any atom is 0.222 e. The standard InChI is InChI=1S/C16H13ClN2O3/c17-11-5-7-12(8-6-11)22-10-9-19-14-4-2-1-3-13(14)15(18-21)16(19)20/h1-8,20H,9-10H2. The number of nitrogens with zero attached hydrogens (tertiary/aromatic N) is 2. The van der Waals surface area contributed by atoms with Crippen LogP contribution in [-0.4, -0.2) is 16.3 Å². The highest BCUT2D eigenvalue weighted by Crippen LogP contribution is 2.38. The zero-order valence-corrected chi connectivity index (χ0v) is 12.3. The number of hydrogen-bond acceptors (Lipinski definition) is 4. The molecule has 0 amide bonds. The lowest BCUT2D eigenvalue weighted by Crippen LogP contribution is -2.07.